The molecule has 1 saturated heterocycles. The first-order chi connectivity index (χ1) is 6.61. The topological polar surface area (TPSA) is 23.6 Å². The largest absolute Gasteiger partial charge is 0.331 e. The van der Waals surface area contributed by atoms with Crippen LogP contribution in [0.3, 0.4) is 0 Å². The van der Waals surface area contributed by atoms with Gasteiger partial charge in [-0.25, -0.2) is 4.79 Å². The summed E-state index contributed by atoms with van der Waals surface area (Å²) < 4.78 is 0. The minimum absolute atomic E-state index is 0.166. The maximum absolute atomic E-state index is 11.7. The van der Waals surface area contributed by atoms with E-state index in [9.17, 15) is 4.79 Å². The van der Waals surface area contributed by atoms with Gasteiger partial charge in [-0.1, -0.05) is 19.8 Å². The first kappa shape index (κ1) is 11.3. The predicted octanol–water partition coefficient (Wildman–Crippen LogP) is 2.18. The van der Waals surface area contributed by atoms with Crippen molar-refractivity contribution in [3.8, 4) is 0 Å². The molecular formula is C11H22N2O. The van der Waals surface area contributed by atoms with Crippen molar-refractivity contribution in [2.24, 2.45) is 5.92 Å². The molecule has 3 heteroatoms. The fraction of sp³-hybridized carbons (Fsp3) is 0.909. The Labute approximate surface area is 87.1 Å². The van der Waals surface area contributed by atoms with Gasteiger partial charge >= 0.3 is 6.03 Å². The van der Waals surface area contributed by atoms with Crippen LogP contribution in [0.25, 0.3) is 0 Å². The van der Waals surface area contributed by atoms with Crippen LogP contribution in [-0.2, 0) is 0 Å². The molecule has 0 spiro atoms. The maximum Gasteiger partial charge on any atom is 0.319 e. The Balaban J connectivity index is 2.46. The van der Waals surface area contributed by atoms with Crippen molar-refractivity contribution >= 4 is 6.03 Å². The number of carbonyl (C=O) groups is 1. The molecule has 2 amide bonds. The van der Waals surface area contributed by atoms with Gasteiger partial charge in [0.25, 0.3) is 0 Å². The van der Waals surface area contributed by atoms with Crippen LogP contribution in [0.5, 0.6) is 0 Å². The molecule has 0 saturated carbocycles. The van der Waals surface area contributed by atoms with Gasteiger partial charge in [-0.3, -0.25) is 0 Å². The molecule has 1 fully saturated rings. The van der Waals surface area contributed by atoms with Gasteiger partial charge in [0.15, 0.2) is 0 Å². The quantitative estimate of drug-likeness (QED) is 0.585. The van der Waals surface area contributed by atoms with E-state index in [-0.39, 0.29) is 6.03 Å². The normalized spacial score (nSPS) is 23.9. The highest BCUT2D eigenvalue weighted by Gasteiger charge is 2.17. The van der Waals surface area contributed by atoms with Crippen molar-refractivity contribution in [2.45, 2.75) is 32.6 Å². The average Bonchev–Trinajstić information content (AvgIpc) is 2.11. The highest BCUT2D eigenvalue weighted by atomic mass is 16.2. The Morgan fingerprint density at radius 1 is 1.21 bits per heavy atom. The highest BCUT2D eigenvalue weighted by Crippen LogP contribution is 2.17. The first-order valence-corrected chi connectivity index (χ1v) is 5.57. The van der Waals surface area contributed by atoms with Crippen LogP contribution >= 0.6 is 0 Å². The molecule has 14 heavy (non-hydrogen) atoms. The lowest BCUT2D eigenvalue weighted by Gasteiger charge is -2.29. The van der Waals surface area contributed by atoms with Crippen molar-refractivity contribution in [3.05, 3.63) is 0 Å². The summed E-state index contributed by atoms with van der Waals surface area (Å²) in [5.41, 5.74) is 0. The Kier molecular flexibility index (Phi) is 4.23. The molecule has 82 valence electrons. The zero-order valence-electron chi connectivity index (χ0n) is 9.62. The van der Waals surface area contributed by atoms with Gasteiger partial charge in [0.05, 0.1) is 0 Å². The molecule has 1 aliphatic rings. The monoisotopic (exact) mass is 198 g/mol. The molecule has 0 aromatic carbocycles. The number of hydrogen-bond acceptors (Lipinski definition) is 1. The predicted molar refractivity (Wildman–Crippen MR) is 58.3 cm³/mol. The molecular weight excluding hydrogens is 176 g/mol. The standard InChI is InChI=1S/C11H22N2O/c1-10-6-4-5-8-13(9-7-10)11(14)12(2)3/h10H,4-9H2,1-3H3. The summed E-state index contributed by atoms with van der Waals surface area (Å²) in [4.78, 5) is 15.4. The molecule has 0 N–H and O–H groups in total. The second-order valence-corrected chi connectivity index (χ2v) is 4.55. The number of carbonyl (C=O) groups excluding carboxylic acids is 1. The molecule has 1 aliphatic heterocycles. The Morgan fingerprint density at radius 3 is 2.57 bits per heavy atom. The summed E-state index contributed by atoms with van der Waals surface area (Å²) in [6.07, 6.45) is 4.89. The molecule has 1 atom stereocenters. The summed E-state index contributed by atoms with van der Waals surface area (Å²) in [5, 5.41) is 0. The third-order valence-corrected chi connectivity index (χ3v) is 2.92. The fourth-order valence-electron chi connectivity index (χ4n) is 1.90. The number of urea groups is 1. The third kappa shape index (κ3) is 3.20. The van der Waals surface area contributed by atoms with Crippen LogP contribution in [-0.4, -0.2) is 43.0 Å². The van der Waals surface area contributed by atoms with Crippen molar-refractivity contribution in [3.63, 3.8) is 0 Å². The Bertz CT molecular complexity index is 192. The van der Waals surface area contributed by atoms with Crippen molar-refractivity contribution < 1.29 is 4.79 Å². The van der Waals surface area contributed by atoms with E-state index in [4.69, 9.17) is 0 Å². The van der Waals surface area contributed by atoms with Crippen LogP contribution in [0.15, 0.2) is 0 Å². The van der Waals surface area contributed by atoms with Crippen LogP contribution in [0.4, 0.5) is 4.79 Å². The molecule has 0 bridgehead atoms. The number of rotatable bonds is 0. The van der Waals surface area contributed by atoms with Crippen LogP contribution in [0, 0.1) is 5.92 Å². The van der Waals surface area contributed by atoms with E-state index in [1.165, 1.54) is 12.8 Å². The summed E-state index contributed by atoms with van der Waals surface area (Å²) in [5.74, 6) is 0.771. The Morgan fingerprint density at radius 2 is 1.93 bits per heavy atom. The minimum atomic E-state index is 0.166. The van der Waals surface area contributed by atoms with Gasteiger partial charge in [0, 0.05) is 27.2 Å². The zero-order chi connectivity index (χ0) is 10.6. The zero-order valence-corrected chi connectivity index (χ0v) is 9.62. The lowest BCUT2D eigenvalue weighted by atomic mass is 9.98. The van der Waals surface area contributed by atoms with Crippen LogP contribution in [0.1, 0.15) is 32.6 Å². The van der Waals surface area contributed by atoms with Crippen LogP contribution < -0.4 is 0 Å². The molecule has 1 rings (SSSR count). The van der Waals surface area contributed by atoms with E-state index < -0.39 is 0 Å². The van der Waals surface area contributed by atoms with E-state index in [0.29, 0.717) is 0 Å². The Hall–Kier alpha value is -0.730. The van der Waals surface area contributed by atoms with E-state index in [0.717, 1.165) is 31.8 Å². The smallest absolute Gasteiger partial charge is 0.319 e. The minimum Gasteiger partial charge on any atom is -0.331 e. The summed E-state index contributed by atoms with van der Waals surface area (Å²) >= 11 is 0. The van der Waals surface area contributed by atoms with Crippen molar-refractivity contribution in [2.75, 3.05) is 27.2 Å². The van der Waals surface area contributed by atoms with Gasteiger partial charge in [-0.05, 0) is 18.8 Å². The summed E-state index contributed by atoms with van der Waals surface area (Å²) in [7, 11) is 3.65. The van der Waals surface area contributed by atoms with Gasteiger partial charge in [0.2, 0.25) is 0 Å². The molecule has 0 aromatic heterocycles. The summed E-state index contributed by atoms with van der Waals surface area (Å²) in [6, 6.07) is 0.166. The van der Waals surface area contributed by atoms with Gasteiger partial charge in [-0.15, -0.1) is 0 Å². The lowest BCUT2D eigenvalue weighted by molar-refractivity contribution is 0.161. The molecule has 0 aromatic rings. The number of nitrogens with zero attached hydrogens (tertiary/aromatic N) is 2. The lowest BCUT2D eigenvalue weighted by Crippen LogP contribution is -2.41. The number of likely N-dealkylation sites (tertiary alicyclic amines) is 1. The van der Waals surface area contributed by atoms with Gasteiger partial charge in [-0.2, -0.15) is 0 Å². The first-order valence-electron chi connectivity index (χ1n) is 5.57. The second kappa shape index (κ2) is 5.23. The maximum atomic E-state index is 11.7. The van der Waals surface area contributed by atoms with Crippen molar-refractivity contribution in [1.29, 1.82) is 0 Å². The molecule has 0 aliphatic carbocycles. The molecule has 1 heterocycles. The third-order valence-electron chi connectivity index (χ3n) is 2.92. The van der Waals surface area contributed by atoms with E-state index in [1.54, 1.807) is 4.90 Å². The van der Waals surface area contributed by atoms with E-state index in [2.05, 4.69) is 6.92 Å². The summed E-state index contributed by atoms with van der Waals surface area (Å²) in [6.45, 7) is 4.14. The average molecular weight is 198 g/mol. The van der Waals surface area contributed by atoms with Gasteiger partial charge in [0.1, 0.15) is 0 Å². The second-order valence-electron chi connectivity index (χ2n) is 4.55. The SMILES string of the molecule is CC1CCCCN(C(=O)N(C)C)CC1. The fourth-order valence-corrected chi connectivity index (χ4v) is 1.90. The van der Waals surface area contributed by atoms with Crippen LogP contribution in [0.2, 0.25) is 0 Å². The molecule has 3 nitrogen and oxygen atoms in total. The number of hydrogen-bond donors (Lipinski definition) is 0. The molecule has 0 radical (unpaired) electrons. The molecule has 1 unspecified atom stereocenters. The van der Waals surface area contributed by atoms with E-state index >= 15 is 0 Å². The van der Waals surface area contributed by atoms with Crippen molar-refractivity contribution in [1.82, 2.24) is 9.80 Å². The number of amides is 2. The van der Waals surface area contributed by atoms with Gasteiger partial charge < -0.3 is 9.80 Å². The van der Waals surface area contributed by atoms with E-state index in [1.807, 2.05) is 19.0 Å². The highest BCUT2D eigenvalue weighted by molar-refractivity contribution is 5.73.